The van der Waals surface area contributed by atoms with Crippen molar-refractivity contribution in [1.82, 2.24) is 10.3 Å². The molecule has 2 heterocycles. The highest BCUT2D eigenvalue weighted by Crippen LogP contribution is 2.23. The van der Waals surface area contributed by atoms with Crippen LogP contribution in [0.25, 0.3) is 0 Å². The van der Waals surface area contributed by atoms with Gasteiger partial charge in [0.25, 0.3) is 0 Å². The summed E-state index contributed by atoms with van der Waals surface area (Å²) < 4.78 is 0. The van der Waals surface area contributed by atoms with Crippen molar-refractivity contribution in [1.29, 1.82) is 0 Å². The van der Waals surface area contributed by atoms with Crippen molar-refractivity contribution in [2.24, 2.45) is 0 Å². The maximum atomic E-state index is 4.51. The van der Waals surface area contributed by atoms with Crippen LogP contribution in [0.2, 0.25) is 0 Å². The van der Waals surface area contributed by atoms with Crippen molar-refractivity contribution < 1.29 is 0 Å². The molecule has 0 spiro atoms. The average molecular weight is 295 g/mol. The summed E-state index contributed by atoms with van der Waals surface area (Å²) in [7, 11) is 2.09. The van der Waals surface area contributed by atoms with E-state index >= 15 is 0 Å². The molecule has 2 aromatic heterocycles. The monoisotopic (exact) mass is 295 g/mol. The first-order valence-electron chi connectivity index (χ1n) is 6.36. The molecule has 5 heteroatoms. The Kier molecular flexibility index (Phi) is 4.60. The Morgan fingerprint density at radius 3 is 2.79 bits per heavy atom. The van der Waals surface area contributed by atoms with Gasteiger partial charge in [0.05, 0.1) is 0 Å². The van der Waals surface area contributed by atoms with Gasteiger partial charge in [-0.3, -0.25) is 0 Å². The molecule has 1 N–H and O–H groups in total. The fourth-order valence-corrected chi connectivity index (χ4v) is 3.10. The molecule has 0 fully saturated rings. The number of rotatable bonds is 5. The zero-order valence-electron chi connectivity index (χ0n) is 11.9. The minimum atomic E-state index is 0.146. The van der Waals surface area contributed by atoms with E-state index in [0.29, 0.717) is 0 Å². The molecule has 0 radical (unpaired) electrons. The van der Waals surface area contributed by atoms with E-state index < -0.39 is 0 Å². The first-order chi connectivity index (χ1) is 8.94. The Bertz CT molecular complexity index is 497. The van der Waals surface area contributed by atoms with Gasteiger partial charge >= 0.3 is 0 Å². The van der Waals surface area contributed by atoms with Crippen LogP contribution in [-0.4, -0.2) is 17.6 Å². The number of hydrogen-bond acceptors (Lipinski definition) is 5. The second kappa shape index (κ2) is 6.03. The van der Waals surface area contributed by atoms with Crippen molar-refractivity contribution in [2.45, 2.75) is 39.4 Å². The Morgan fingerprint density at radius 1 is 1.37 bits per heavy atom. The van der Waals surface area contributed by atoms with E-state index in [9.17, 15) is 0 Å². The van der Waals surface area contributed by atoms with E-state index in [4.69, 9.17) is 0 Å². The van der Waals surface area contributed by atoms with Gasteiger partial charge in [-0.15, -0.1) is 11.3 Å². The van der Waals surface area contributed by atoms with Crippen LogP contribution in [0.5, 0.6) is 0 Å². The molecule has 0 aromatic carbocycles. The predicted molar refractivity (Wildman–Crippen MR) is 85.1 cm³/mol. The van der Waals surface area contributed by atoms with Gasteiger partial charge in [-0.25, -0.2) is 4.98 Å². The summed E-state index contributed by atoms with van der Waals surface area (Å²) in [4.78, 5) is 7.99. The van der Waals surface area contributed by atoms with Crippen molar-refractivity contribution >= 4 is 27.8 Å². The molecule has 0 aliphatic rings. The summed E-state index contributed by atoms with van der Waals surface area (Å²) >= 11 is 3.50. The summed E-state index contributed by atoms with van der Waals surface area (Å²) in [6.07, 6.45) is 1.98. The zero-order chi connectivity index (χ0) is 13.9. The third-order valence-electron chi connectivity index (χ3n) is 2.66. The number of hydrogen-bond donors (Lipinski definition) is 1. The Labute approximate surface area is 123 Å². The average Bonchev–Trinajstić information content (AvgIpc) is 2.95. The highest BCUT2D eigenvalue weighted by molar-refractivity contribution is 7.15. The molecule has 3 nitrogen and oxygen atoms in total. The molecule has 0 unspecified atom stereocenters. The third kappa shape index (κ3) is 4.60. The van der Waals surface area contributed by atoms with Gasteiger partial charge in [0, 0.05) is 36.8 Å². The maximum Gasteiger partial charge on any atom is 0.185 e. The van der Waals surface area contributed by atoms with Crippen LogP contribution in [-0.2, 0) is 13.1 Å². The van der Waals surface area contributed by atoms with Gasteiger partial charge in [-0.1, -0.05) is 0 Å². The lowest BCUT2D eigenvalue weighted by Gasteiger charge is -2.19. The van der Waals surface area contributed by atoms with Gasteiger partial charge < -0.3 is 10.2 Å². The fourth-order valence-electron chi connectivity index (χ4n) is 1.63. The van der Waals surface area contributed by atoms with Gasteiger partial charge in [0.15, 0.2) is 5.13 Å². The highest BCUT2D eigenvalue weighted by Gasteiger charge is 2.11. The largest absolute Gasteiger partial charge is 0.347 e. The van der Waals surface area contributed by atoms with Crippen LogP contribution in [0.4, 0.5) is 5.13 Å². The Hall–Kier alpha value is -0.910. The topological polar surface area (TPSA) is 28.2 Å². The van der Waals surface area contributed by atoms with Crippen molar-refractivity contribution in [2.75, 3.05) is 11.9 Å². The minimum Gasteiger partial charge on any atom is -0.347 e. The number of anilines is 1. The van der Waals surface area contributed by atoms with Crippen LogP contribution in [0, 0.1) is 0 Å². The molecule has 19 heavy (non-hydrogen) atoms. The van der Waals surface area contributed by atoms with E-state index in [2.05, 4.69) is 59.8 Å². The standard InChI is InChI=1S/C14H21N3S2/c1-14(2,3)16-8-12-7-15-13(19-12)17(4)9-11-5-6-18-10-11/h5-7,10,16H,8-9H2,1-4H3. The smallest absolute Gasteiger partial charge is 0.185 e. The molecule has 0 atom stereocenters. The second-order valence-electron chi connectivity index (χ2n) is 5.70. The minimum absolute atomic E-state index is 0.146. The van der Waals surface area contributed by atoms with Crippen LogP contribution in [0.1, 0.15) is 31.2 Å². The van der Waals surface area contributed by atoms with E-state index in [1.165, 1.54) is 10.4 Å². The molecule has 0 aliphatic heterocycles. The van der Waals surface area contributed by atoms with Crippen molar-refractivity contribution in [3.8, 4) is 0 Å². The first kappa shape index (κ1) is 14.5. The van der Waals surface area contributed by atoms with Gasteiger partial charge in [0.2, 0.25) is 0 Å². The fraction of sp³-hybridized carbons (Fsp3) is 0.500. The Balaban J connectivity index is 1.92. The number of aromatic nitrogens is 1. The van der Waals surface area contributed by atoms with E-state index in [1.54, 1.807) is 22.7 Å². The summed E-state index contributed by atoms with van der Waals surface area (Å²) in [6.45, 7) is 8.34. The predicted octanol–water partition coefficient (Wildman–Crippen LogP) is 3.73. The quantitative estimate of drug-likeness (QED) is 0.911. The number of nitrogens with zero attached hydrogens (tertiary/aromatic N) is 2. The number of thiazole rings is 1. The molecular weight excluding hydrogens is 274 g/mol. The number of thiophene rings is 1. The maximum absolute atomic E-state index is 4.51. The summed E-state index contributed by atoms with van der Waals surface area (Å²) in [5, 5.41) is 8.87. The second-order valence-corrected chi connectivity index (χ2v) is 7.57. The van der Waals surface area contributed by atoms with Crippen LogP contribution >= 0.6 is 22.7 Å². The van der Waals surface area contributed by atoms with Crippen LogP contribution in [0.15, 0.2) is 23.0 Å². The molecule has 104 valence electrons. The van der Waals surface area contributed by atoms with Crippen LogP contribution in [0.3, 0.4) is 0 Å². The Morgan fingerprint density at radius 2 is 2.16 bits per heavy atom. The SMILES string of the molecule is CN(Cc1ccsc1)c1ncc(CNC(C)(C)C)s1. The molecular formula is C14H21N3S2. The molecule has 0 amide bonds. The lowest BCUT2D eigenvalue weighted by Crippen LogP contribution is -2.34. The zero-order valence-corrected chi connectivity index (χ0v) is 13.6. The van der Waals surface area contributed by atoms with Gasteiger partial charge in [-0.05, 0) is 43.2 Å². The third-order valence-corrected chi connectivity index (χ3v) is 4.50. The number of nitrogens with one attached hydrogen (secondary N) is 1. The molecule has 0 bridgehead atoms. The summed E-state index contributed by atoms with van der Waals surface area (Å²) in [5.41, 5.74) is 1.49. The highest BCUT2D eigenvalue weighted by atomic mass is 32.1. The lowest BCUT2D eigenvalue weighted by molar-refractivity contribution is 0.426. The molecule has 2 aromatic rings. The first-order valence-corrected chi connectivity index (χ1v) is 8.12. The van der Waals surface area contributed by atoms with E-state index in [0.717, 1.165) is 18.2 Å². The van der Waals surface area contributed by atoms with Crippen molar-refractivity contribution in [3.05, 3.63) is 33.5 Å². The molecule has 0 saturated carbocycles. The van der Waals surface area contributed by atoms with Crippen LogP contribution < -0.4 is 10.2 Å². The van der Waals surface area contributed by atoms with E-state index in [-0.39, 0.29) is 5.54 Å². The normalized spacial score (nSPS) is 11.8. The van der Waals surface area contributed by atoms with Gasteiger partial charge in [-0.2, -0.15) is 11.3 Å². The molecule has 0 aliphatic carbocycles. The van der Waals surface area contributed by atoms with E-state index in [1.807, 2.05) is 6.20 Å². The van der Waals surface area contributed by atoms with Gasteiger partial charge in [0.1, 0.15) is 0 Å². The lowest BCUT2D eigenvalue weighted by atomic mass is 10.1. The molecule has 2 rings (SSSR count). The molecule has 0 saturated heterocycles. The summed E-state index contributed by atoms with van der Waals surface area (Å²) in [5.74, 6) is 0. The summed E-state index contributed by atoms with van der Waals surface area (Å²) in [6, 6.07) is 2.16. The van der Waals surface area contributed by atoms with Crippen molar-refractivity contribution in [3.63, 3.8) is 0 Å².